The highest BCUT2D eigenvalue weighted by molar-refractivity contribution is 7.18. The SMILES string of the molecule is CCc1cc2c(N3CCN(CC4CCCC4)C(=O)C3)ncnc2s1. The van der Waals surface area contributed by atoms with Gasteiger partial charge in [0.1, 0.15) is 17.0 Å². The van der Waals surface area contributed by atoms with Crippen LogP contribution >= 0.6 is 11.3 Å². The maximum atomic E-state index is 12.6. The van der Waals surface area contributed by atoms with Gasteiger partial charge in [0.25, 0.3) is 0 Å². The van der Waals surface area contributed by atoms with Gasteiger partial charge in [-0.3, -0.25) is 4.79 Å². The van der Waals surface area contributed by atoms with Gasteiger partial charge < -0.3 is 9.80 Å². The van der Waals surface area contributed by atoms with E-state index >= 15 is 0 Å². The molecule has 2 aliphatic rings. The maximum absolute atomic E-state index is 12.6. The lowest BCUT2D eigenvalue weighted by atomic mass is 10.1. The first-order chi connectivity index (χ1) is 11.7. The molecule has 1 saturated heterocycles. The van der Waals surface area contributed by atoms with Gasteiger partial charge in [-0.05, 0) is 31.2 Å². The molecule has 2 aromatic rings. The van der Waals surface area contributed by atoms with Crippen LogP contribution < -0.4 is 4.90 Å². The van der Waals surface area contributed by atoms with Gasteiger partial charge in [-0.1, -0.05) is 19.8 Å². The van der Waals surface area contributed by atoms with Crippen LogP contribution in [0.2, 0.25) is 0 Å². The van der Waals surface area contributed by atoms with Crippen LogP contribution in [0.25, 0.3) is 10.2 Å². The molecule has 1 saturated carbocycles. The van der Waals surface area contributed by atoms with E-state index in [1.165, 1.54) is 30.6 Å². The van der Waals surface area contributed by atoms with Gasteiger partial charge in [0.15, 0.2) is 0 Å². The van der Waals surface area contributed by atoms with E-state index in [9.17, 15) is 4.79 Å². The molecule has 0 aromatic carbocycles. The van der Waals surface area contributed by atoms with Crippen LogP contribution in [0.5, 0.6) is 0 Å². The molecule has 2 aromatic heterocycles. The van der Waals surface area contributed by atoms with Crippen LogP contribution in [0, 0.1) is 5.92 Å². The van der Waals surface area contributed by atoms with Crippen molar-refractivity contribution < 1.29 is 4.79 Å². The Morgan fingerprint density at radius 2 is 2.08 bits per heavy atom. The van der Waals surface area contributed by atoms with E-state index in [2.05, 4.69) is 32.8 Å². The molecule has 1 amide bonds. The molecular formula is C18H24N4OS. The van der Waals surface area contributed by atoms with Gasteiger partial charge in [-0.2, -0.15) is 0 Å². The third kappa shape index (κ3) is 2.99. The lowest BCUT2D eigenvalue weighted by Crippen LogP contribution is -2.51. The van der Waals surface area contributed by atoms with Crippen LogP contribution in [-0.4, -0.2) is 47.0 Å². The molecule has 2 fully saturated rings. The van der Waals surface area contributed by atoms with Crippen molar-refractivity contribution >= 4 is 33.3 Å². The van der Waals surface area contributed by atoms with E-state index in [1.54, 1.807) is 17.7 Å². The third-order valence-electron chi connectivity index (χ3n) is 5.28. The zero-order chi connectivity index (χ0) is 16.5. The van der Waals surface area contributed by atoms with Gasteiger partial charge in [0, 0.05) is 24.5 Å². The van der Waals surface area contributed by atoms with E-state index in [1.807, 2.05) is 0 Å². The number of piperazine rings is 1. The Balaban J connectivity index is 1.50. The average Bonchev–Trinajstić information content (AvgIpc) is 3.25. The van der Waals surface area contributed by atoms with Crippen molar-refractivity contribution in [3.63, 3.8) is 0 Å². The topological polar surface area (TPSA) is 49.3 Å². The van der Waals surface area contributed by atoms with E-state index in [4.69, 9.17) is 0 Å². The summed E-state index contributed by atoms with van der Waals surface area (Å²) in [6.07, 6.45) is 7.87. The number of amides is 1. The fraction of sp³-hybridized carbons (Fsp3) is 0.611. The first kappa shape index (κ1) is 15.8. The molecule has 1 aliphatic heterocycles. The number of carbonyl (C=O) groups is 1. The molecule has 0 radical (unpaired) electrons. The Hall–Kier alpha value is -1.69. The first-order valence-corrected chi connectivity index (χ1v) is 9.82. The van der Waals surface area contributed by atoms with Gasteiger partial charge in [-0.15, -0.1) is 11.3 Å². The number of aryl methyl sites for hydroxylation is 1. The number of anilines is 1. The van der Waals surface area contributed by atoms with Crippen LogP contribution in [-0.2, 0) is 11.2 Å². The number of fused-ring (bicyclic) bond motifs is 1. The summed E-state index contributed by atoms with van der Waals surface area (Å²) in [5.41, 5.74) is 0. The van der Waals surface area contributed by atoms with E-state index in [-0.39, 0.29) is 5.91 Å². The summed E-state index contributed by atoms with van der Waals surface area (Å²) in [5.74, 6) is 1.88. The molecule has 0 bridgehead atoms. The molecule has 0 unspecified atom stereocenters. The molecule has 0 N–H and O–H groups in total. The zero-order valence-electron chi connectivity index (χ0n) is 14.2. The molecule has 24 heavy (non-hydrogen) atoms. The summed E-state index contributed by atoms with van der Waals surface area (Å²) in [6, 6.07) is 2.19. The lowest BCUT2D eigenvalue weighted by molar-refractivity contribution is -0.131. The molecule has 4 rings (SSSR count). The number of rotatable bonds is 4. The van der Waals surface area contributed by atoms with Crippen molar-refractivity contribution in [1.82, 2.24) is 14.9 Å². The Bertz CT molecular complexity index is 738. The van der Waals surface area contributed by atoms with Gasteiger partial charge in [-0.25, -0.2) is 9.97 Å². The largest absolute Gasteiger partial charge is 0.345 e. The minimum atomic E-state index is 0.242. The first-order valence-electron chi connectivity index (χ1n) is 9.00. The summed E-state index contributed by atoms with van der Waals surface area (Å²) >= 11 is 1.72. The predicted molar refractivity (Wildman–Crippen MR) is 97.5 cm³/mol. The predicted octanol–water partition coefficient (Wildman–Crippen LogP) is 3.09. The van der Waals surface area contributed by atoms with Crippen LogP contribution in [0.1, 0.15) is 37.5 Å². The van der Waals surface area contributed by atoms with E-state index in [0.717, 1.165) is 48.0 Å². The average molecular weight is 344 g/mol. The highest BCUT2D eigenvalue weighted by atomic mass is 32.1. The fourth-order valence-electron chi connectivity index (χ4n) is 3.91. The number of hydrogen-bond acceptors (Lipinski definition) is 5. The summed E-state index contributed by atoms with van der Waals surface area (Å²) in [5, 5.41) is 1.09. The van der Waals surface area contributed by atoms with Crippen molar-refractivity contribution in [2.24, 2.45) is 5.92 Å². The molecule has 6 heteroatoms. The minimum Gasteiger partial charge on any atom is -0.345 e. The second kappa shape index (κ2) is 6.67. The molecule has 1 aliphatic carbocycles. The normalized spacial score (nSPS) is 19.6. The highest BCUT2D eigenvalue weighted by Crippen LogP contribution is 2.31. The van der Waals surface area contributed by atoms with Crippen molar-refractivity contribution in [1.29, 1.82) is 0 Å². The molecular weight excluding hydrogens is 320 g/mol. The van der Waals surface area contributed by atoms with E-state index in [0.29, 0.717) is 6.54 Å². The Labute approximate surface area is 146 Å². The van der Waals surface area contributed by atoms with Gasteiger partial charge in [0.05, 0.1) is 11.9 Å². The minimum absolute atomic E-state index is 0.242. The van der Waals surface area contributed by atoms with Crippen molar-refractivity contribution in [2.45, 2.75) is 39.0 Å². The second-order valence-corrected chi connectivity index (χ2v) is 8.01. The number of carbonyl (C=O) groups excluding carboxylic acids is 1. The van der Waals surface area contributed by atoms with Crippen molar-refractivity contribution in [3.8, 4) is 0 Å². The summed E-state index contributed by atoms with van der Waals surface area (Å²) < 4.78 is 0. The smallest absolute Gasteiger partial charge is 0.242 e. The number of aromatic nitrogens is 2. The summed E-state index contributed by atoms with van der Waals surface area (Å²) in [7, 11) is 0. The number of thiophene rings is 1. The van der Waals surface area contributed by atoms with Crippen molar-refractivity contribution in [2.75, 3.05) is 31.1 Å². The standard InChI is InChI=1S/C18H24N4OS/c1-2-14-9-15-17(19-12-20-18(15)24-14)22-8-7-21(16(23)11-22)10-13-5-3-4-6-13/h9,12-13H,2-8,10-11H2,1H3. The molecule has 0 spiro atoms. The quantitative estimate of drug-likeness (QED) is 0.855. The Morgan fingerprint density at radius 1 is 1.25 bits per heavy atom. The lowest BCUT2D eigenvalue weighted by Gasteiger charge is -2.36. The molecule has 3 heterocycles. The Morgan fingerprint density at radius 3 is 2.83 bits per heavy atom. The van der Waals surface area contributed by atoms with Crippen LogP contribution in [0.3, 0.4) is 0 Å². The molecule has 128 valence electrons. The zero-order valence-corrected chi connectivity index (χ0v) is 15.0. The highest BCUT2D eigenvalue weighted by Gasteiger charge is 2.28. The van der Waals surface area contributed by atoms with Crippen molar-refractivity contribution in [3.05, 3.63) is 17.3 Å². The third-order valence-corrected chi connectivity index (χ3v) is 6.47. The second-order valence-electron chi connectivity index (χ2n) is 6.89. The maximum Gasteiger partial charge on any atom is 0.242 e. The van der Waals surface area contributed by atoms with Crippen LogP contribution in [0.4, 0.5) is 5.82 Å². The molecule has 0 atom stereocenters. The fourth-order valence-corrected chi connectivity index (χ4v) is 4.84. The Kier molecular flexibility index (Phi) is 4.39. The number of nitrogens with zero attached hydrogens (tertiary/aromatic N) is 4. The van der Waals surface area contributed by atoms with E-state index < -0.39 is 0 Å². The number of hydrogen-bond donors (Lipinski definition) is 0. The monoisotopic (exact) mass is 344 g/mol. The molecule has 5 nitrogen and oxygen atoms in total. The summed E-state index contributed by atoms with van der Waals surface area (Å²) in [4.78, 5) is 28.0. The van der Waals surface area contributed by atoms with Gasteiger partial charge >= 0.3 is 0 Å². The van der Waals surface area contributed by atoms with Crippen LogP contribution in [0.15, 0.2) is 12.4 Å². The van der Waals surface area contributed by atoms with Gasteiger partial charge in [0.2, 0.25) is 5.91 Å². The summed E-state index contributed by atoms with van der Waals surface area (Å²) in [6.45, 7) is 5.22.